The van der Waals surface area contributed by atoms with Gasteiger partial charge in [0.1, 0.15) is 0 Å². The van der Waals surface area contributed by atoms with Crippen LogP contribution in [0.15, 0.2) is 30.3 Å². The van der Waals surface area contributed by atoms with E-state index in [4.69, 9.17) is 0 Å². The van der Waals surface area contributed by atoms with Crippen LogP contribution < -0.4 is 5.32 Å². The Labute approximate surface area is 113 Å². The van der Waals surface area contributed by atoms with E-state index in [9.17, 15) is 0 Å². The molecule has 0 saturated carbocycles. The largest absolute Gasteiger partial charge is 0.299 e. The molecular formula is C15H29NS. The summed E-state index contributed by atoms with van der Waals surface area (Å²) in [5.41, 5.74) is 1.30. The van der Waals surface area contributed by atoms with Gasteiger partial charge in [0.15, 0.2) is 0 Å². The Hall–Kier alpha value is -0.470. The van der Waals surface area contributed by atoms with Crippen molar-refractivity contribution in [3.05, 3.63) is 35.9 Å². The Morgan fingerprint density at radius 1 is 1.06 bits per heavy atom. The third-order valence-corrected chi connectivity index (χ3v) is 2.68. The molecule has 0 fully saturated rings. The van der Waals surface area contributed by atoms with Crippen molar-refractivity contribution in [2.45, 2.75) is 59.4 Å². The minimum absolute atomic E-state index is 0.0597. The van der Waals surface area contributed by atoms with Crippen LogP contribution in [0.25, 0.3) is 0 Å². The summed E-state index contributed by atoms with van der Waals surface area (Å²) in [7, 11) is 0. The number of hydrogen-bond acceptors (Lipinski definition) is 2. The van der Waals surface area contributed by atoms with Crippen molar-refractivity contribution in [3.8, 4) is 0 Å². The van der Waals surface area contributed by atoms with E-state index in [1.165, 1.54) is 5.56 Å². The molecule has 100 valence electrons. The second-order valence-corrected chi connectivity index (χ2v) is 4.45. The van der Waals surface area contributed by atoms with E-state index in [0.717, 1.165) is 13.0 Å². The smallest absolute Gasteiger partial charge is 0.0587 e. The summed E-state index contributed by atoms with van der Waals surface area (Å²) in [5.74, 6) is 0. The van der Waals surface area contributed by atoms with Gasteiger partial charge in [0.25, 0.3) is 0 Å². The van der Waals surface area contributed by atoms with E-state index < -0.39 is 0 Å². The molecule has 0 bridgehead atoms. The fourth-order valence-electron chi connectivity index (χ4n) is 1.01. The van der Waals surface area contributed by atoms with Crippen molar-refractivity contribution in [2.24, 2.45) is 0 Å². The van der Waals surface area contributed by atoms with E-state index in [2.05, 4.69) is 56.1 Å². The molecule has 0 heterocycles. The highest BCUT2D eigenvalue weighted by molar-refractivity contribution is 7.81. The van der Waals surface area contributed by atoms with Crippen LogP contribution in [0, 0.1) is 0 Å². The molecule has 0 radical (unpaired) electrons. The second kappa shape index (κ2) is 12.0. The molecule has 1 aromatic carbocycles. The molecule has 1 unspecified atom stereocenters. The fraction of sp³-hybridized carbons (Fsp3) is 0.600. The molecule has 2 heteroatoms. The molecule has 0 amide bonds. The van der Waals surface area contributed by atoms with Gasteiger partial charge in [0, 0.05) is 6.54 Å². The third kappa shape index (κ3) is 10.4. The first-order valence-corrected chi connectivity index (χ1v) is 7.10. The maximum absolute atomic E-state index is 4.51. The molecule has 1 aromatic rings. The van der Waals surface area contributed by atoms with Crippen molar-refractivity contribution < 1.29 is 0 Å². The number of hydrogen-bond donors (Lipinski definition) is 2. The fourth-order valence-corrected chi connectivity index (χ4v) is 1.09. The molecule has 0 aliphatic heterocycles. The van der Waals surface area contributed by atoms with Crippen LogP contribution in [0.4, 0.5) is 0 Å². The van der Waals surface area contributed by atoms with Gasteiger partial charge in [-0.2, -0.15) is 12.6 Å². The highest BCUT2D eigenvalue weighted by atomic mass is 32.1. The van der Waals surface area contributed by atoms with E-state index in [1.54, 1.807) is 0 Å². The predicted octanol–water partition coefficient (Wildman–Crippen LogP) is 4.88. The van der Waals surface area contributed by atoms with E-state index in [0.29, 0.717) is 0 Å². The molecule has 1 atom stereocenters. The third-order valence-electron chi connectivity index (χ3n) is 2.20. The van der Waals surface area contributed by atoms with Gasteiger partial charge in [0.05, 0.1) is 4.87 Å². The Morgan fingerprint density at radius 3 is 1.94 bits per heavy atom. The van der Waals surface area contributed by atoms with Crippen molar-refractivity contribution >= 4 is 12.6 Å². The zero-order valence-electron chi connectivity index (χ0n) is 12.2. The maximum Gasteiger partial charge on any atom is 0.0587 e. The SMILES string of the molecule is CC.CC.CCC(C)(S)NCc1ccccc1. The number of nitrogens with one attached hydrogen (secondary N) is 1. The molecule has 0 aliphatic rings. The summed E-state index contributed by atoms with van der Waals surface area (Å²) in [6, 6.07) is 10.4. The first-order chi connectivity index (χ1) is 8.14. The van der Waals surface area contributed by atoms with Gasteiger partial charge < -0.3 is 0 Å². The number of thiol groups is 1. The summed E-state index contributed by atoms with van der Waals surface area (Å²) in [5, 5.41) is 3.39. The molecule has 0 aliphatic carbocycles. The summed E-state index contributed by atoms with van der Waals surface area (Å²) in [6.45, 7) is 13.1. The molecule has 0 saturated heterocycles. The zero-order valence-corrected chi connectivity index (χ0v) is 13.1. The zero-order chi connectivity index (χ0) is 13.7. The van der Waals surface area contributed by atoms with Gasteiger partial charge in [0.2, 0.25) is 0 Å². The Kier molecular flexibility index (Phi) is 13.3. The van der Waals surface area contributed by atoms with Crippen molar-refractivity contribution in [1.82, 2.24) is 5.32 Å². The average molecular weight is 255 g/mol. The Balaban J connectivity index is 0. The van der Waals surface area contributed by atoms with Crippen molar-refractivity contribution in [1.29, 1.82) is 0 Å². The van der Waals surface area contributed by atoms with Crippen molar-refractivity contribution in [2.75, 3.05) is 0 Å². The van der Waals surface area contributed by atoms with Crippen LogP contribution in [0.5, 0.6) is 0 Å². The molecular weight excluding hydrogens is 226 g/mol. The lowest BCUT2D eigenvalue weighted by atomic mass is 10.2. The van der Waals surface area contributed by atoms with E-state index >= 15 is 0 Å². The topological polar surface area (TPSA) is 12.0 Å². The van der Waals surface area contributed by atoms with Gasteiger partial charge in [-0.05, 0) is 18.9 Å². The summed E-state index contributed by atoms with van der Waals surface area (Å²) >= 11 is 4.51. The number of rotatable bonds is 4. The summed E-state index contributed by atoms with van der Waals surface area (Å²) in [6.07, 6.45) is 1.02. The Bertz CT molecular complexity index is 244. The molecule has 17 heavy (non-hydrogen) atoms. The Morgan fingerprint density at radius 2 is 1.53 bits per heavy atom. The lowest BCUT2D eigenvalue weighted by Crippen LogP contribution is -2.35. The molecule has 0 aromatic heterocycles. The van der Waals surface area contributed by atoms with Crippen LogP contribution in [0.3, 0.4) is 0 Å². The minimum atomic E-state index is -0.0597. The van der Waals surface area contributed by atoms with Crippen molar-refractivity contribution in [3.63, 3.8) is 0 Å². The first kappa shape index (κ1) is 18.9. The number of benzene rings is 1. The standard InChI is InChI=1S/C11H17NS.2C2H6/c1-3-11(2,13)12-9-10-7-5-4-6-8-10;2*1-2/h4-8,12-13H,3,9H2,1-2H3;2*1-2H3. The highest BCUT2D eigenvalue weighted by Gasteiger charge is 2.13. The van der Waals surface area contributed by atoms with Gasteiger partial charge in [-0.25, -0.2) is 0 Å². The lowest BCUT2D eigenvalue weighted by molar-refractivity contribution is 0.491. The predicted molar refractivity (Wildman–Crippen MR) is 83.7 cm³/mol. The van der Waals surface area contributed by atoms with Crippen LogP contribution in [0.1, 0.15) is 53.5 Å². The molecule has 1 nitrogen and oxygen atoms in total. The highest BCUT2D eigenvalue weighted by Crippen LogP contribution is 2.14. The van der Waals surface area contributed by atoms with Crippen LogP contribution in [0.2, 0.25) is 0 Å². The average Bonchev–Trinajstić information content (AvgIpc) is 2.42. The molecule has 0 spiro atoms. The quantitative estimate of drug-likeness (QED) is 0.577. The van der Waals surface area contributed by atoms with Crippen LogP contribution in [-0.4, -0.2) is 4.87 Å². The van der Waals surface area contributed by atoms with Gasteiger partial charge in [-0.3, -0.25) is 5.32 Å². The second-order valence-electron chi connectivity index (χ2n) is 3.47. The molecule has 1 rings (SSSR count). The first-order valence-electron chi connectivity index (χ1n) is 6.65. The monoisotopic (exact) mass is 255 g/mol. The van der Waals surface area contributed by atoms with Crippen LogP contribution >= 0.6 is 12.6 Å². The summed E-state index contributed by atoms with van der Waals surface area (Å²) in [4.78, 5) is -0.0597. The normalized spacial score (nSPS) is 12.4. The molecule has 1 N–H and O–H groups in total. The van der Waals surface area contributed by atoms with Crippen LogP contribution in [-0.2, 0) is 6.54 Å². The summed E-state index contributed by atoms with van der Waals surface area (Å²) < 4.78 is 0. The van der Waals surface area contributed by atoms with E-state index in [-0.39, 0.29) is 4.87 Å². The van der Waals surface area contributed by atoms with Gasteiger partial charge in [-0.15, -0.1) is 0 Å². The maximum atomic E-state index is 4.51. The minimum Gasteiger partial charge on any atom is -0.299 e. The van der Waals surface area contributed by atoms with Gasteiger partial charge >= 0.3 is 0 Å². The van der Waals surface area contributed by atoms with Gasteiger partial charge in [-0.1, -0.05) is 65.0 Å². The van der Waals surface area contributed by atoms with E-state index in [1.807, 2.05) is 33.8 Å². The lowest BCUT2D eigenvalue weighted by Gasteiger charge is -2.23.